The van der Waals surface area contributed by atoms with Gasteiger partial charge in [-0.2, -0.15) is 0 Å². The minimum atomic E-state index is -0.245. The van der Waals surface area contributed by atoms with E-state index in [1.165, 1.54) is 19.3 Å². The average Bonchev–Trinajstić information content (AvgIpc) is 2.17. The van der Waals surface area contributed by atoms with Gasteiger partial charge < -0.3 is 15.3 Å². The molecule has 0 amide bonds. The molecule has 0 aliphatic carbocycles. The summed E-state index contributed by atoms with van der Waals surface area (Å²) < 4.78 is 0. The van der Waals surface area contributed by atoms with Gasteiger partial charge in [-0.1, -0.05) is 33.6 Å². The van der Waals surface area contributed by atoms with Gasteiger partial charge in [-0.3, -0.25) is 0 Å². The largest absolute Gasteiger partial charge is 0.390 e. The maximum Gasteiger partial charge on any atom is 0.0791 e. The van der Waals surface area contributed by atoms with Gasteiger partial charge in [0, 0.05) is 13.1 Å². The second-order valence-corrected chi connectivity index (χ2v) is 5.18. The van der Waals surface area contributed by atoms with E-state index in [0.29, 0.717) is 12.5 Å². The van der Waals surface area contributed by atoms with Gasteiger partial charge in [0.1, 0.15) is 0 Å². The summed E-state index contributed by atoms with van der Waals surface area (Å²) in [5.41, 5.74) is 0. The monoisotopic (exact) mass is 230 g/mol. The normalized spacial score (nSPS) is 13.7. The molecule has 0 bridgehead atoms. The fourth-order valence-corrected chi connectivity index (χ4v) is 1.69. The average molecular weight is 230 g/mol. The SMILES string of the molecule is CCCCCN(C)CC(O)CNCC(C)C. The van der Waals surface area contributed by atoms with Crippen LogP contribution in [0.25, 0.3) is 0 Å². The van der Waals surface area contributed by atoms with Crippen LogP contribution in [0.15, 0.2) is 0 Å². The van der Waals surface area contributed by atoms with Crippen molar-refractivity contribution in [1.29, 1.82) is 0 Å². The van der Waals surface area contributed by atoms with Crippen molar-refractivity contribution in [3.63, 3.8) is 0 Å². The van der Waals surface area contributed by atoms with Crippen LogP contribution < -0.4 is 5.32 Å². The Bertz CT molecular complexity index is 151. The van der Waals surface area contributed by atoms with Gasteiger partial charge in [-0.05, 0) is 32.5 Å². The molecule has 2 N–H and O–H groups in total. The van der Waals surface area contributed by atoms with Crippen molar-refractivity contribution in [1.82, 2.24) is 10.2 Å². The van der Waals surface area contributed by atoms with Crippen molar-refractivity contribution >= 4 is 0 Å². The lowest BCUT2D eigenvalue weighted by molar-refractivity contribution is 0.122. The molecule has 0 heterocycles. The van der Waals surface area contributed by atoms with E-state index in [1.807, 2.05) is 0 Å². The molecule has 0 aromatic carbocycles. The molecule has 0 rings (SSSR count). The summed E-state index contributed by atoms with van der Waals surface area (Å²) in [5, 5.41) is 13.1. The standard InChI is InChI=1S/C13H30N2O/c1-5-6-7-8-15(4)11-13(16)10-14-9-12(2)3/h12-14,16H,5-11H2,1-4H3. The van der Waals surface area contributed by atoms with Crippen molar-refractivity contribution in [2.45, 2.75) is 46.1 Å². The molecule has 1 unspecified atom stereocenters. The molecule has 3 nitrogen and oxygen atoms in total. The number of rotatable bonds is 10. The third kappa shape index (κ3) is 10.4. The third-order valence-corrected chi connectivity index (χ3v) is 2.60. The highest BCUT2D eigenvalue weighted by Gasteiger charge is 2.07. The van der Waals surface area contributed by atoms with Crippen LogP contribution in [0.1, 0.15) is 40.0 Å². The number of aliphatic hydroxyl groups excluding tert-OH is 1. The molecular formula is C13H30N2O. The quantitative estimate of drug-likeness (QED) is 0.561. The van der Waals surface area contributed by atoms with Gasteiger partial charge >= 0.3 is 0 Å². The van der Waals surface area contributed by atoms with Crippen molar-refractivity contribution < 1.29 is 5.11 Å². The number of nitrogens with one attached hydrogen (secondary N) is 1. The summed E-state index contributed by atoms with van der Waals surface area (Å²) in [5.74, 6) is 0.648. The Morgan fingerprint density at radius 3 is 2.44 bits per heavy atom. The van der Waals surface area contributed by atoms with Crippen molar-refractivity contribution in [3.8, 4) is 0 Å². The lowest BCUT2D eigenvalue weighted by atomic mass is 10.2. The van der Waals surface area contributed by atoms with E-state index in [2.05, 4.69) is 38.0 Å². The van der Waals surface area contributed by atoms with Crippen LogP contribution in [0.3, 0.4) is 0 Å². The van der Waals surface area contributed by atoms with Crippen LogP contribution in [0, 0.1) is 5.92 Å². The highest BCUT2D eigenvalue weighted by atomic mass is 16.3. The smallest absolute Gasteiger partial charge is 0.0791 e. The van der Waals surface area contributed by atoms with Gasteiger partial charge in [-0.25, -0.2) is 0 Å². The molecule has 1 atom stereocenters. The lowest BCUT2D eigenvalue weighted by Gasteiger charge is -2.21. The van der Waals surface area contributed by atoms with E-state index >= 15 is 0 Å². The first-order valence-corrected chi connectivity index (χ1v) is 6.63. The van der Waals surface area contributed by atoms with Gasteiger partial charge in [0.05, 0.1) is 6.10 Å². The number of likely N-dealkylation sites (N-methyl/N-ethyl adjacent to an activating group) is 1. The Labute approximate surface area is 101 Å². The van der Waals surface area contributed by atoms with Crippen LogP contribution >= 0.6 is 0 Å². The van der Waals surface area contributed by atoms with Crippen LogP contribution in [-0.2, 0) is 0 Å². The molecule has 16 heavy (non-hydrogen) atoms. The van der Waals surface area contributed by atoms with Crippen molar-refractivity contribution in [2.75, 3.05) is 33.2 Å². The molecule has 0 aromatic rings. The summed E-state index contributed by atoms with van der Waals surface area (Å²) >= 11 is 0. The van der Waals surface area contributed by atoms with E-state index in [1.54, 1.807) is 0 Å². The molecule has 0 aliphatic rings. The number of aliphatic hydroxyl groups is 1. The number of unbranched alkanes of at least 4 members (excludes halogenated alkanes) is 2. The molecule has 0 radical (unpaired) electrons. The summed E-state index contributed by atoms with van der Waals surface area (Å²) in [4.78, 5) is 2.22. The van der Waals surface area contributed by atoms with E-state index in [-0.39, 0.29) is 6.10 Å². The maximum absolute atomic E-state index is 9.78. The van der Waals surface area contributed by atoms with Gasteiger partial charge in [-0.15, -0.1) is 0 Å². The minimum Gasteiger partial charge on any atom is -0.390 e. The first-order valence-electron chi connectivity index (χ1n) is 6.63. The summed E-state index contributed by atoms with van der Waals surface area (Å²) in [6.45, 7) is 10.1. The topological polar surface area (TPSA) is 35.5 Å². The third-order valence-electron chi connectivity index (χ3n) is 2.60. The fourth-order valence-electron chi connectivity index (χ4n) is 1.69. The zero-order valence-electron chi connectivity index (χ0n) is 11.5. The molecule has 0 aliphatic heterocycles. The Morgan fingerprint density at radius 1 is 1.19 bits per heavy atom. The number of hydrogen-bond acceptors (Lipinski definition) is 3. The highest BCUT2D eigenvalue weighted by Crippen LogP contribution is 1.97. The van der Waals surface area contributed by atoms with Crippen molar-refractivity contribution in [2.24, 2.45) is 5.92 Å². The van der Waals surface area contributed by atoms with Gasteiger partial charge in [0.15, 0.2) is 0 Å². The molecule has 3 heteroatoms. The molecule has 98 valence electrons. The van der Waals surface area contributed by atoms with Crippen LogP contribution in [0.2, 0.25) is 0 Å². The first kappa shape index (κ1) is 15.9. The second kappa shape index (κ2) is 10.1. The van der Waals surface area contributed by atoms with E-state index in [9.17, 15) is 5.11 Å². The summed E-state index contributed by atoms with van der Waals surface area (Å²) in [6.07, 6.45) is 3.53. The summed E-state index contributed by atoms with van der Waals surface area (Å²) in [6, 6.07) is 0. The van der Waals surface area contributed by atoms with E-state index in [0.717, 1.165) is 19.6 Å². The van der Waals surface area contributed by atoms with Crippen LogP contribution in [-0.4, -0.2) is 49.3 Å². The molecule has 0 saturated heterocycles. The predicted octanol–water partition coefficient (Wildman–Crippen LogP) is 1.71. The number of nitrogens with zero attached hydrogens (tertiary/aromatic N) is 1. The predicted molar refractivity (Wildman–Crippen MR) is 70.7 cm³/mol. The zero-order valence-corrected chi connectivity index (χ0v) is 11.5. The molecule has 0 spiro atoms. The maximum atomic E-state index is 9.78. The van der Waals surface area contributed by atoms with Gasteiger partial charge in [0.2, 0.25) is 0 Å². The first-order chi connectivity index (χ1) is 7.56. The molecule has 0 aromatic heterocycles. The Balaban J connectivity index is 3.42. The minimum absolute atomic E-state index is 0.245. The lowest BCUT2D eigenvalue weighted by Crippen LogP contribution is -2.37. The van der Waals surface area contributed by atoms with Crippen LogP contribution in [0.5, 0.6) is 0 Å². The van der Waals surface area contributed by atoms with E-state index in [4.69, 9.17) is 0 Å². The van der Waals surface area contributed by atoms with Crippen LogP contribution in [0.4, 0.5) is 0 Å². The Morgan fingerprint density at radius 2 is 1.88 bits per heavy atom. The van der Waals surface area contributed by atoms with Crippen molar-refractivity contribution in [3.05, 3.63) is 0 Å². The fraction of sp³-hybridized carbons (Fsp3) is 1.00. The second-order valence-electron chi connectivity index (χ2n) is 5.18. The van der Waals surface area contributed by atoms with Gasteiger partial charge in [0.25, 0.3) is 0 Å². The number of hydrogen-bond donors (Lipinski definition) is 2. The molecule has 0 fully saturated rings. The summed E-state index contributed by atoms with van der Waals surface area (Å²) in [7, 11) is 2.08. The molecule has 0 saturated carbocycles. The van der Waals surface area contributed by atoms with E-state index < -0.39 is 0 Å². The Hall–Kier alpha value is -0.120. The zero-order chi connectivity index (χ0) is 12.4. The highest BCUT2D eigenvalue weighted by molar-refractivity contribution is 4.65. The Kier molecular flexibility index (Phi) is 9.99. The molecular weight excluding hydrogens is 200 g/mol.